The molecule has 0 saturated heterocycles. The number of hydrogen-bond acceptors (Lipinski definition) is 3. The monoisotopic (exact) mass is 290 g/mol. The Labute approximate surface area is 129 Å². The highest BCUT2D eigenvalue weighted by atomic mass is 16.3. The van der Waals surface area contributed by atoms with Crippen LogP contribution in [0.4, 0.5) is 5.69 Å². The summed E-state index contributed by atoms with van der Waals surface area (Å²) in [5.74, 6) is 0.725. The van der Waals surface area contributed by atoms with Gasteiger partial charge in [0.15, 0.2) is 0 Å². The van der Waals surface area contributed by atoms with E-state index in [2.05, 4.69) is 29.8 Å². The van der Waals surface area contributed by atoms with Gasteiger partial charge in [-0.3, -0.25) is 4.98 Å². The third-order valence-electron chi connectivity index (χ3n) is 4.54. The summed E-state index contributed by atoms with van der Waals surface area (Å²) in [6.07, 6.45) is 8.75. The van der Waals surface area contributed by atoms with Crippen LogP contribution >= 0.6 is 0 Å². The van der Waals surface area contributed by atoms with E-state index in [1.165, 1.54) is 37.8 Å². The van der Waals surface area contributed by atoms with Crippen molar-refractivity contribution < 1.29 is 5.11 Å². The molecule has 0 radical (unpaired) electrons. The molecule has 0 amide bonds. The van der Waals surface area contributed by atoms with E-state index in [-0.39, 0.29) is 0 Å². The molecule has 0 spiro atoms. The fourth-order valence-electron chi connectivity index (χ4n) is 3.11. The molecule has 1 atom stereocenters. The summed E-state index contributed by atoms with van der Waals surface area (Å²) in [6.45, 7) is 7.66. The van der Waals surface area contributed by atoms with Gasteiger partial charge in [-0.1, -0.05) is 33.6 Å². The van der Waals surface area contributed by atoms with Crippen LogP contribution in [-0.4, -0.2) is 22.7 Å². The third kappa shape index (κ3) is 4.44. The second-order valence-electron chi connectivity index (χ2n) is 6.68. The predicted molar refractivity (Wildman–Crippen MR) is 88.5 cm³/mol. The molecule has 3 nitrogen and oxygen atoms in total. The van der Waals surface area contributed by atoms with E-state index in [1.807, 2.05) is 19.2 Å². The fraction of sp³-hybridized carbons (Fsp3) is 0.722. The average molecular weight is 290 g/mol. The number of aliphatic hydroxyl groups is 1. The molecule has 21 heavy (non-hydrogen) atoms. The highest BCUT2D eigenvalue weighted by molar-refractivity contribution is 5.46. The van der Waals surface area contributed by atoms with E-state index in [0.717, 1.165) is 18.2 Å². The molecule has 1 saturated carbocycles. The van der Waals surface area contributed by atoms with E-state index >= 15 is 0 Å². The maximum atomic E-state index is 9.87. The number of aliphatic hydroxyl groups excluding tert-OH is 1. The first kappa shape index (κ1) is 16.3. The van der Waals surface area contributed by atoms with E-state index in [1.54, 1.807) is 0 Å². The minimum atomic E-state index is -0.436. The lowest BCUT2D eigenvalue weighted by atomic mass is 10.1. The Morgan fingerprint density at radius 2 is 2.00 bits per heavy atom. The first-order chi connectivity index (χ1) is 10.1. The summed E-state index contributed by atoms with van der Waals surface area (Å²) in [6, 6.07) is 4.80. The van der Waals surface area contributed by atoms with Crippen LogP contribution in [0.1, 0.15) is 71.1 Å². The van der Waals surface area contributed by atoms with Gasteiger partial charge in [-0.05, 0) is 43.7 Å². The van der Waals surface area contributed by atoms with Crippen LogP contribution in [-0.2, 0) is 0 Å². The molecule has 1 aliphatic carbocycles. The Kier molecular flexibility index (Phi) is 6.04. The van der Waals surface area contributed by atoms with Crippen molar-refractivity contribution in [1.82, 2.24) is 4.98 Å². The van der Waals surface area contributed by atoms with Crippen molar-refractivity contribution in [3.63, 3.8) is 0 Å². The van der Waals surface area contributed by atoms with Crippen molar-refractivity contribution in [1.29, 1.82) is 0 Å². The van der Waals surface area contributed by atoms with Gasteiger partial charge in [0.05, 0.1) is 23.7 Å². The minimum Gasteiger partial charge on any atom is -0.387 e. The molecular weight excluding hydrogens is 260 g/mol. The number of pyridine rings is 1. The van der Waals surface area contributed by atoms with Crippen LogP contribution in [0.3, 0.4) is 0 Å². The number of anilines is 1. The zero-order valence-corrected chi connectivity index (χ0v) is 13.8. The Morgan fingerprint density at radius 1 is 1.29 bits per heavy atom. The molecule has 1 aromatic heterocycles. The standard InChI is InChI=1S/C18H30N2O/c1-4-18(21)17-10-9-16(13-19-17)20(12-11-14(2)3)15-7-5-6-8-15/h9-10,13-15,18,21H,4-8,11-12H2,1-3H3. The quantitative estimate of drug-likeness (QED) is 0.812. The molecule has 1 heterocycles. The van der Waals surface area contributed by atoms with Crippen molar-refractivity contribution in [3.8, 4) is 0 Å². The minimum absolute atomic E-state index is 0.436. The smallest absolute Gasteiger partial charge is 0.0957 e. The second kappa shape index (κ2) is 7.79. The molecule has 0 aromatic carbocycles. The van der Waals surface area contributed by atoms with Crippen LogP contribution in [0.2, 0.25) is 0 Å². The number of hydrogen-bond donors (Lipinski definition) is 1. The van der Waals surface area contributed by atoms with Gasteiger partial charge in [0.2, 0.25) is 0 Å². The molecule has 1 unspecified atom stereocenters. The summed E-state index contributed by atoms with van der Waals surface area (Å²) >= 11 is 0. The largest absolute Gasteiger partial charge is 0.387 e. The van der Waals surface area contributed by atoms with E-state index in [9.17, 15) is 5.11 Å². The highest BCUT2D eigenvalue weighted by Gasteiger charge is 2.23. The highest BCUT2D eigenvalue weighted by Crippen LogP contribution is 2.29. The molecule has 0 aliphatic heterocycles. The summed E-state index contributed by atoms with van der Waals surface area (Å²) in [4.78, 5) is 7.02. The van der Waals surface area contributed by atoms with Crippen molar-refractivity contribution in [2.45, 2.75) is 71.4 Å². The van der Waals surface area contributed by atoms with Crippen LogP contribution in [0.5, 0.6) is 0 Å². The molecule has 1 fully saturated rings. The van der Waals surface area contributed by atoms with Gasteiger partial charge in [0, 0.05) is 12.6 Å². The lowest BCUT2D eigenvalue weighted by Crippen LogP contribution is -2.34. The SMILES string of the molecule is CCC(O)c1ccc(N(CCC(C)C)C2CCCC2)cn1. The molecule has 1 aromatic rings. The normalized spacial score (nSPS) is 17.4. The molecular formula is C18H30N2O. The van der Waals surface area contributed by atoms with Crippen molar-refractivity contribution >= 4 is 5.69 Å². The molecule has 2 rings (SSSR count). The Morgan fingerprint density at radius 3 is 2.52 bits per heavy atom. The predicted octanol–water partition coefficient (Wildman–Crippen LogP) is 4.32. The van der Waals surface area contributed by atoms with Gasteiger partial charge >= 0.3 is 0 Å². The van der Waals surface area contributed by atoms with E-state index in [0.29, 0.717) is 12.5 Å². The Hall–Kier alpha value is -1.09. The maximum absolute atomic E-state index is 9.87. The Bertz CT molecular complexity index is 410. The van der Waals surface area contributed by atoms with Crippen molar-refractivity contribution in [3.05, 3.63) is 24.0 Å². The van der Waals surface area contributed by atoms with Crippen LogP contribution in [0, 0.1) is 5.92 Å². The summed E-state index contributed by atoms with van der Waals surface area (Å²) in [5.41, 5.74) is 2.01. The lowest BCUT2D eigenvalue weighted by molar-refractivity contribution is 0.169. The molecule has 1 aliphatic rings. The summed E-state index contributed by atoms with van der Waals surface area (Å²) < 4.78 is 0. The Balaban J connectivity index is 2.11. The van der Waals surface area contributed by atoms with Gasteiger partial charge in [-0.2, -0.15) is 0 Å². The van der Waals surface area contributed by atoms with E-state index in [4.69, 9.17) is 0 Å². The van der Waals surface area contributed by atoms with Crippen LogP contribution in [0.25, 0.3) is 0 Å². The first-order valence-electron chi connectivity index (χ1n) is 8.52. The number of rotatable bonds is 7. The maximum Gasteiger partial charge on any atom is 0.0957 e. The van der Waals surface area contributed by atoms with Crippen molar-refractivity contribution in [2.75, 3.05) is 11.4 Å². The molecule has 3 heteroatoms. The number of aromatic nitrogens is 1. The lowest BCUT2D eigenvalue weighted by Gasteiger charge is -2.31. The third-order valence-corrected chi connectivity index (χ3v) is 4.54. The topological polar surface area (TPSA) is 36.4 Å². The van der Waals surface area contributed by atoms with Crippen LogP contribution < -0.4 is 4.90 Å². The van der Waals surface area contributed by atoms with Crippen molar-refractivity contribution in [2.24, 2.45) is 5.92 Å². The zero-order chi connectivity index (χ0) is 15.2. The van der Waals surface area contributed by atoms with Gasteiger partial charge in [0.25, 0.3) is 0 Å². The van der Waals surface area contributed by atoms with Gasteiger partial charge in [0.1, 0.15) is 0 Å². The second-order valence-corrected chi connectivity index (χ2v) is 6.68. The summed E-state index contributed by atoms with van der Waals surface area (Å²) in [5, 5.41) is 9.87. The molecule has 0 bridgehead atoms. The van der Waals surface area contributed by atoms with Gasteiger partial charge < -0.3 is 10.0 Å². The zero-order valence-electron chi connectivity index (χ0n) is 13.8. The molecule has 1 N–H and O–H groups in total. The first-order valence-corrected chi connectivity index (χ1v) is 8.52. The van der Waals surface area contributed by atoms with Crippen LogP contribution in [0.15, 0.2) is 18.3 Å². The summed E-state index contributed by atoms with van der Waals surface area (Å²) in [7, 11) is 0. The van der Waals surface area contributed by atoms with Gasteiger partial charge in [-0.15, -0.1) is 0 Å². The van der Waals surface area contributed by atoms with E-state index < -0.39 is 6.10 Å². The average Bonchev–Trinajstić information content (AvgIpc) is 3.01. The molecule has 118 valence electrons. The fourth-order valence-corrected chi connectivity index (χ4v) is 3.11. The number of nitrogens with zero attached hydrogens (tertiary/aromatic N) is 2. The van der Waals surface area contributed by atoms with Gasteiger partial charge in [-0.25, -0.2) is 0 Å².